The fourth-order valence-corrected chi connectivity index (χ4v) is 8.28. The van der Waals surface area contributed by atoms with E-state index in [0.29, 0.717) is 41.3 Å². The minimum Gasteiger partial charge on any atom is -0.496 e. The molecule has 3 aromatic rings. The number of hydrogen-bond acceptors (Lipinski definition) is 6. The van der Waals surface area contributed by atoms with Gasteiger partial charge in [0.15, 0.2) is 0 Å². The highest BCUT2D eigenvalue weighted by Gasteiger charge is 2.46. The number of hydrogen-bond donors (Lipinski definition) is 2. The third-order valence-corrected chi connectivity index (χ3v) is 11.0. The maximum absolute atomic E-state index is 13.0. The lowest BCUT2D eigenvalue weighted by Gasteiger charge is -2.29. The predicted molar refractivity (Wildman–Crippen MR) is 181 cm³/mol. The molecule has 2 aromatic carbocycles. The summed E-state index contributed by atoms with van der Waals surface area (Å²) in [6, 6.07) is 6.29. The van der Waals surface area contributed by atoms with Crippen LogP contribution in [0.1, 0.15) is 99.5 Å². The van der Waals surface area contributed by atoms with Crippen molar-refractivity contribution in [1.29, 1.82) is 0 Å². The van der Waals surface area contributed by atoms with Crippen molar-refractivity contribution in [1.82, 2.24) is 10.3 Å². The second-order valence-electron chi connectivity index (χ2n) is 13.0. The van der Waals surface area contributed by atoms with Crippen LogP contribution in [0.3, 0.4) is 0 Å². The SMILES string of the molecule is CCCCC1(CC)CCCO1.COc1ccc2nc(C)sc2c1C(=O)NC1C2CCC(C2)C1C.O=CNc1ccc(F)c(C(F)(F)F)c1. The molecule has 5 atom stereocenters. The van der Waals surface area contributed by atoms with Gasteiger partial charge in [-0.25, -0.2) is 9.37 Å². The minimum atomic E-state index is -4.76. The Bertz CT molecular complexity index is 1540. The molecule has 12 heteroatoms. The van der Waals surface area contributed by atoms with Gasteiger partial charge in [0.25, 0.3) is 5.91 Å². The van der Waals surface area contributed by atoms with Gasteiger partial charge in [-0.15, -0.1) is 11.3 Å². The van der Waals surface area contributed by atoms with Crippen LogP contribution < -0.4 is 15.4 Å². The number of halogens is 4. The van der Waals surface area contributed by atoms with Gasteiger partial charge >= 0.3 is 6.18 Å². The third kappa shape index (κ3) is 8.85. The zero-order valence-electron chi connectivity index (χ0n) is 28.3. The normalized spacial score (nSPS) is 24.4. The van der Waals surface area contributed by atoms with Crippen molar-refractivity contribution in [2.24, 2.45) is 17.8 Å². The Hall–Kier alpha value is -3.25. The molecule has 264 valence electrons. The summed E-state index contributed by atoms with van der Waals surface area (Å²) >= 11 is 1.56. The summed E-state index contributed by atoms with van der Waals surface area (Å²) in [5.74, 6) is 1.26. The average molecular weight is 694 g/mol. The molecule has 3 fully saturated rings. The molecule has 0 radical (unpaired) electrons. The Kier molecular flexibility index (Phi) is 12.9. The highest BCUT2D eigenvalue weighted by molar-refractivity contribution is 7.19. The number of alkyl halides is 3. The monoisotopic (exact) mass is 693 g/mol. The Morgan fingerprint density at radius 3 is 2.52 bits per heavy atom. The first-order valence-electron chi connectivity index (χ1n) is 16.8. The number of nitrogens with one attached hydrogen (secondary N) is 2. The maximum Gasteiger partial charge on any atom is 0.419 e. The number of anilines is 1. The van der Waals surface area contributed by atoms with E-state index >= 15 is 0 Å². The first-order valence-corrected chi connectivity index (χ1v) is 17.6. The number of carbonyl (C=O) groups excluding carboxylic acids is 2. The number of aromatic nitrogens is 1. The topological polar surface area (TPSA) is 89.6 Å². The van der Waals surface area contributed by atoms with Crippen molar-refractivity contribution in [2.75, 3.05) is 19.0 Å². The molecule has 2 heterocycles. The molecule has 6 rings (SSSR count). The molecule has 1 saturated heterocycles. The highest BCUT2D eigenvalue weighted by Crippen LogP contribution is 2.48. The number of thiazole rings is 1. The summed E-state index contributed by atoms with van der Waals surface area (Å²) in [6.07, 6.45) is 6.98. The van der Waals surface area contributed by atoms with Crippen molar-refractivity contribution in [3.8, 4) is 5.75 Å². The van der Waals surface area contributed by atoms with E-state index in [-0.39, 0.29) is 23.6 Å². The van der Waals surface area contributed by atoms with Crippen LogP contribution in [0.2, 0.25) is 0 Å². The number of unbranched alkanes of at least 4 members (excludes halogenated alkanes) is 1. The standard InChI is InChI=1S/C18H22N2O2S.C10H20O.C8H5F4NO/c1-9-11-4-5-12(8-11)16(9)20-18(21)15-14(22-3)7-6-13-17(15)23-10(2)19-13;1-3-5-7-10(4-2)8-6-9-11-10;9-7-2-1-5(13-4-14)3-6(7)8(10,11)12/h6-7,9,11-12,16H,4-5,8H2,1-3H3,(H,20,21);3-9H2,1-2H3;1-4H,(H,13,14). The zero-order valence-corrected chi connectivity index (χ0v) is 29.2. The highest BCUT2D eigenvalue weighted by atomic mass is 32.1. The van der Waals surface area contributed by atoms with Crippen LogP contribution in [-0.4, -0.2) is 42.7 Å². The van der Waals surface area contributed by atoms with E-state index in [1.807, 2.05) is 24.4 Å². The van der Waals surface area contributed by atoms with E-state index in [1.54, 1.807) is 18.4 Å². The van der Waals surface area contributed by atoms with Crippen LogP contribution in [0.5, 0.6) is 5.75 Å². The van der Waals surface area contributed by atoms with E-state index in [2.05, 4.69) is 31.1 Å². The third-order valence-electron chi connectivity index (χ3n) is 10.0. The Balaban J connectivity index is 0.000000178. The van der Waals surface area contributed by atoms with Crippen molar-refractivity contribution >= 4 is 39.6 Å². The smallest absolute Gasteiger partial charge is 0.419 e. The maximum atomic E-state index is 13.0. The minimum absolute atomic E-state index is 0.0134. The number of benzene rings is 2. The van der Waals surface area contributed by atoms with Crippen LogP contribution in [0.15, 0.2) is 30.3 Å². The summed E-state index contributed by atoms with van der Waals surface area (Å²) in [6.45, 7) is 9.75. The Morgan fingerprint density at radius 2 is 1.94 bits per heavy atom. The molecule has 3 aliphatic rings. The number of methoxy groups -OCH3 is 1. The van der Waals surface area contributed by atoms with Gasteiger partial charge in [-0.1, -0.05) is 33.6 Å². The zero-order chi connectivity index (χ0) is 35.1. The van der Waals surface area contributed by atoms with E-state index < -0.39 is 17.6 Å². The number of fused-ring (bicyclic) bond motifs is 3. The van der Waals surface area contributed by atoms with Crippen LogP contribution >= 0.6 is 11.3 Å². The predicted octanol–water partition coefficient (Wildman–Crippen LogP) is 9.33. The Labute approximate surface area is 284 Å². The van der Waals surface area contributed by atoms with Gasteiger partial charge in [0.05, 0.1) is 33.5 Å². The van der Waals surface area contributed by atoms with Gasteiger partial charge in [0.1, 0.15) is 17.1 Å². The Morgan fingerprint density at radius 1 is 1.19 bits per heavy atom. The number of nitrogens with zero attached hydrogens (tertiary/aromatic N) is 1. The van der Waals surface area contributed by atoms with Crippen molar-refractivity contribution in [2.45, 2.75) is 103 Å². The van der Waals surface area contributed by atoms with Crippen molar-refractivity contribution < 1.29 is 36.6 Å². The van der Waals surface area contributed by atoms with Gasteiger partial charge in [-0.2, -0.15) is 13.2 Å². The second-order valence-corrected chi connectivity index (χ2v) is 14.2. The molecule has 5 unspecified atom stereocenters. The number of ether oxygens (including phenoxy) is 2. The van der Waals surface area contributed by atoms with Crippen LogP contribution in [-0.2, 0) is 15.7 Å². The summed E-state index contributed by atoms with van der Waals surface area (Å²) in [5, 5.41) is 6.28. The van der Waals surface area contributed by atoms with Crippen LogP contribution in [0.4, 0.5) is 23.2 Å². The lowest BCUT2D eigenvalue weighted by Crippen LogP contribution is -2.43. The van der Waals surface area contributed by atoms with E-state index in [1.165, 1.54) is 57.8 Å². The van der Waals surface area contributed by atoms with Gasteiger partial charge in [0.2, 0.25) is 6.41 Å². The molecule has 1 aromatic heterocycles. The fraction of sp³-hybridized carbons (Fsp3) is 0.583. The van der Waals surface area contributed by atoms with E-state index in [9.17, 15) is 27.2 Å². The largest absolute Gasteiger partial charge is 0.496 e. The van der Waals surface area contributed by atoms with Gasteiger partial charge in [-0.3, -0.25) is 9.59 Å². The summed E-state index contributed by atoms with van der Waals surface area (Å²) in [7, 11) is 1.62. The number of aryl methyl sites for hydroxylation is 1. The number of carbonyl (C=O) groups is 2. The molecule has 2 bridgehead atoms. The lowest BCUT2D eigenvalue weighted by molar-refractivity contribution is -0.140. The number of rotatable bonds is 9. The fourth-order valence-electron chi connectivity index (χ4n) is 7.33. The molecule has 1 aliphatic heterocycles. The van der Waals surface area contributed by atoms with E-state index in [0.717, 1.165) is 33.8 Å². The van der Waals surface area contributed by atoms with E-state index in [4.69, 9.17) is 9.47 Å². The summed E-state index contributed by atoms with van der Waals surface area (Å²) in [5.41, 5.74) is 0.304. The molecule has 0 spiro atoms. The summed E-state index contributed by atoms with van der Waals surface area (Å²) < 4.78 is 61.2. The van der Waals surface area contributed by atoms with Crippen molar-refractivity contribution in [3.05, 3.63) is 52.3 Å². The molecule has 2 amide bonds. The first kappa shape index (κ1) is 37.6. The molecule has 48 heavy (non-hydrogen) atoms. The van der Waals surface area contributed by atoms with Gasteiger partial charge < -0.3 is 20.1 Å². The molecule has 2 saturated carbocycles. The quantitative estimate of drug-likeness (QED) is 0.172. The van der Waals surface area contributed by atoms with Crippen LogP contribution in [0, 0.1) is 30.5 Å². The summed E-state index contributed by atoms with van der Waals surface area (Å²) in [4.78, 5) is 27.4. The molecular formula is C36H47F4N3O4S. The number of amides is 2. The van der Waals surface area contributed by atoms with Crippen LogP contribution in [0.25, 0.3) is 10.2 Å². The lowest BCUT2D eigenvalue weighted by atomic mass is 9.86. The molecule has 7 nitrogen and oxygen atoms in total. The molecule has 2 aliphatic carbocycles. The van der Waals surface area contributed by atoms with Crippen molar-refractivity contribution in [3.63, 3.8) is 0 Å². The first-order chi connectivity index (χ1) is 22.9. The average Bonchev–Trinajstić information content (AvgIpc) is 3.86. The molecule has 2 N–H and O–H groups in total. The molecular weight excluding hydrogens is 646 g/mol. The second kappa shape index (κ2) is 16.4. The van der Waals surface area contributed by atoms with Gasteiger partial charge in [0, 0.05) is 18.3 Å². The van der Waals surface area contributed by atoms with Gasteiger partial charge in [-0.05, 0) is 100.0 Å².